The van der Waals surface area contributed by atoms with E-state index in [0.717, 1.165) is 35.9 Å². The molecule has 0 saturated carbocycles. The molecule has 27 heavy (non-hydrogen) atoms. The molecule has 0 radical (unpaired) electrons. The molecule has 1 amide bonds. The third-order valence-electron chi connectivity index (χ3n) is 4.39. The van der Waals surface area contributed by atoms with Crippen LogP contribution in [0, 0.1) is 11.3 Å². The highest BCUT2D eigenvalue weighted by atomic mass is 16.5. The topological polar surface area (TPSA) is 96.3 Å². The van der Waals surface area contributed by atoms with Crippen molar-refractivity contribution in [3.05, 3.63) is 29.8 Å². The Morgan fingerprint density at radius 1 is 1.41 bits per heavy atom. The van der Waals surface area contributed by atoms with Crippen LogP contribution in [0.3, 0.4) is 0 Å². The van der Waals surface area contributed by atoms with E-state index in [4.69, 9.17) is 9.47 Å². The van der Waals surface area contributed by atoms with E-state index in [-0.39, 0.29) is 12.0 Å². The van der Waals surface area contributed by atoms with E-state index >= 15 is 0 Å². The Bertz CT molecular complexity index is 841. The maximum absolute atomic E-state index is 11.9. The van der Waals surface area contributed by atoms with E-state index in [2.05, 4.69) is 21.7 Å². The molecule has 0 bridgehead atoms. The largest absolute Gasteiger partial charge is 0.494 e. The van der Waals surface area contributed by atoms with Crippen molar-refractivity contribution in [2.24, 2.45) is 0 Å². The summed E-state index contributed by atoms with van der Waals surface area (Å²) in [5.41, 5.74) is 1.28. The molecule has 1 aromatic carbocycles. The number of nitrogens with one attached hydrogen (secondary N) is 2. The van der Waals surface area contributed by atoms with Crippen LogP contribution in [0.15, 0.2) is 24.3 Å². The Morgan fingerprint density at radius 2 is 2.30 bits per heavy atom. The van der Waals surface area contributed by atoms with Crippen molar-refractivity contribution < 1.29 is 14.3 Å². The molecule has 2 heterocycles. The van der Waals surface area contributed by atoms with Crippen LogP contribution >= 0.6 is 0 Å². The van der Waals surface area contributed by atoms with Gasteiger partial charge in [-0.15, -0.1) is 0 Å². The smallest absolute Gasteiger partial charge is 0.249 e. The van der Waals surface area contributed by atoms with Gasteiger partial charge in [-0.2, -0.15) is 5.26 Å². The van der Waals surface area contributed by atoms with Crippen LogP contribution in [0.1, 0.15) is 31.7 Å². The predicted molar refractivity (Wildman–Crippen MR) is 103 cm³/mol. The fraction of sp³-hybridized carbons (Fsp3) is 0.450. The molecule has 3 rings (SSSR count). The lowest BCUT2D eigenvalue weighted by Crippen LogP contribution is -2.35. The van der Waals surface area contributed by atoms with Gasteiger partial charge < -0.3 is 20.1 Å². The number of pyridine rings is 1. The van der Waals surface area contributed by atoms with Gasteiger partial charge in [-0.25, -0.2) is 4.98 Å². The normalized spacial score (nSPS) is 16.1. The summed E-state index contributed by atoms with van der Waals surface area (Å²) in [6.45, 7) is 4.34. The van der Waals surface area contributed by atoms with Gasteiger partial charge in [0.2, 0.25) is 5.91 Å². The second-order valence-corrected chi connectivity index (χ2v) is 6.36. The van der Waals surface area contributed by atoms with Crippen molar-refractivity contribution in [2.75, 3.05) is 31.6 Å². The standard InChI is InChI=1S/C20H24N4O3/c1-2-26-16-6-7-17-14(12-16)11-15(13-21)19(24-17)22-8-4-9-23-20(25)18-5-3-10-27-18/h6-7,11-12,18H,2-5,8-10H2,1H3,(H,22,24)(H,23,25)/t18-/m1/s1. The minimum absolute atomic E-state index is 0.0425. The van der Waals surface area contributed by atoms with Crippen LogP contribution in [0.4, 0.5) is 5.82 Å². The average molecular weight is 368 g/mol. The van der Waals surface area contributed by atoms with E-state index in [9.17, 15) is 10.1 Å². The lowest BCUT2D eigenvalue weighted by atomic mass is 10.1. The molecular formula is C20H24N4O3. The Kier molecular flexibility index (Phi) is 6.44. The van der Waals surface area contributed by atoms with Gasteiger partial charge in [0.15, 0.2) is 0 Å². The SMILES string of the molecule is CCOc1ccc2nc(NCCCNC(=O)[C@H]3CCCO3)c(C#N)cc2c1. The summed E-state index contributed by atoms with van der Waals surface area (Å²) < 4.78 is 10.8. The molecule has 1 saturated heterocycles. The first-order valence-corrected chi connectivity index (χ1v) is 9.32. The maximum Gasteiger partial charge on any atom is 0.249 e. The van der Waals surface area contributed by atoms with Crippen LogP contribution in [0.5, 0.6) is 5.75 Å². The van der Waals surface area contributed by atoms with Crippen LogP contribution < -0.4 is 15.4 Å². The highest BCUT2D eigenvalue weighted by Crippen LogP contribution is 2.24. The number of nitriles is 1. The van der Waals surface area contributed by atoms with E-state index in [1.807, 2.05) is 31.2 Å². The van der Waals surface area contributed by atoms with Crippen LogP contribution in [0.25, 0.3) is 10.9 Å². The summed E-state index contributed by atoms with van der Waals surface area (Å²) >= 11 is 0. The first-order valence-electron chi connectivity index (χ1n) is 9.32. The van der Waals surface area contributed by atoms with Crippen LogP contribution in [-0.4, -0.2) is 43.3 Å². The molecule has 0 aliphatic carbocycles. The summed E-state index contributed by atoms with van der Waals surface area (Å²) in [6, 6.07) is 9.63. The molecule has 7 nitrogen and oxygen atoms in total. The molecule has 1 fully saturated rings. The first-order chi connectivity index (χ1) is 13.2. The molecule has 1 aromatic heterocycles. The van der Waals surface area contributed by atoms with E-state index in [0.29, 0.717) is 37.7 Å². The zero-order valence-electron chi connectivity index (χ0n) is 15.5. The second kappa shape index (κ2) is 9.19. The molecule has 2 aromatic rings. The number of ether oxygens (including phenoxy) is 2. The number of carbonyl (C=O) groups is 1. The van der Waals surface area contributed by atoms with Gasteiger partial charge >= 0.3 is 0 Å². The quantitative estimate of drug-likeness (QED) is 0.695. The van der Waals surface area contributed by atoms with Gasteiger partial charge in [0.1, 0.15) is 23.7 Å². The number of nitrogens with zero attached hydrogens (tertiary/aromatic N) is 2. The number of amides is 1. The number of benzene rings is 1. The van der Waals surface area contributed by atoms with Crippen molar-refractivity contribution in [3.8, 4) is 11.8 Å². The minimum atomic E-state index is -0.299. The van der Waals surface area contributed by atoms with Gasteiger partial charge in [0, 0.05) is 25.1 Å². The summed E-state index contributed by atoms with van der Waals surface area (Å²) in [5.74, 6) is 1.28. The number of hydrogen-bond acceptors (Lipinski definition) is 6. The Hall–Kier alpha value is -2.85. The number of anilines is 1. The lowest BCUT2D eigenvalue weighted by Gasteiger charge is -2.12. The van der Waals surface area contributed by atoms with Crippen LogP contribution in [0.2, 0.25) is 0 Å². The summed E-state index contributed by atoms with van der Waals surface area (Å²) in [7, 11) is 0. The molecule has 142 valence electrons. The molecule has 0 unspecified atom stereocenters. The van der Waals surface area contributed by atoms with Gasteiger partial charge in [0.25, 0.3) is 0 Å². The third-order valence-corrected chi connectivity index (χ3v) is 4.39. The average Bonchev–Trinajstić information content (AvgIpc) is 3.22. The predicted octanol–water partition coefficient (Wildman–Crippen LogP) is 2.60. The number of fused-ring (bicyclic) bond motifs is 1. The Balaban J connectivity index is 1.55. The van der Waals surface area contributed by atoms with E-state index < -0.39 is 0 Å². The number of rotatable bonds is 8. The number of carbonyl (C=O) groups excluding carboxylic acids is 1. The zero-order chi connectivity index (χ0) is 19.1. The van der Waals surface area contributed by atoms with Crippen molar-refractivity contribution in [2.45, 2.75) is 32.3 Å². The maximum atomic E-state index is 11.9. The number of hydrogen-bond donors (Lipinski definition) is 2. The zero-order valence-corrected chi connectivity index (χ0v) is 15.5. The molecular weight excluding hydrogens is 344 g/mol. The first kappa shape index (κ1) is 18.9. The third kappa shape index (κ3) is 4.86. The molecule has 1 aliphatic heterocycles. The molecule has 2 N–H and O–H groups in total. The van der Waals surface area contributed by atoms with Gasteiger partial charge in [0.05, 0.1) is 17.7 Å². The molecule has 7 heteroatoms. The van der Waals surface area contributed by atoms with E-state index in [1.54, 1.807) is 0 Å². The highest BCUT2D eigenvalue weighted by molar-refractivity contribution is 5.84. The fourth-order valence-corrected chi connectivity index (χ4v) is 3.04. The van der Waals surface area contributed by atoms with Gasteiger partial charge in [-0.05, 0) is 50.5 Å². The van der Waals surface area contributed by atoms with Crippen molar-refractivity contribution >= 4 is 22.6 Å². The molecule has 0 spiro atoms. The fourth-order valence-electron chi connectivity index (χ4n) is 3.04. The lowest BCUT2D eigenvalue weighted by molar-refractivity contribution is -0.130. The molecule has 1 atom stereocenters. The number of aromatic nitrogens is 1. The Morgan fingerprint density at radius 3 is 3.04 bits per heavy atom. The Labute approximate surface area is 158 Å². The van der Waals surface area contributed by atoms with Gasteiger partial charge in [-0.3, -0.25) is 4.79 Å². The van der Waals surface area contributed by atoms with Crippen molar-refractivity contribution in [3.63, 3.8) is 0 Å². The second-order valence-electron chi connectivity index (χ2n) is 6.36. The van der Waals surface area contributed by atoms with Crippen molar-refractivity contribution in [1.82, 2.24) is 10.3 Å². The monoisotopic (exact) mass is 368 g/mol. The summed E-state index contributed by atoms with van der Waals surface area (Å²) in [5, 5.41) is 16.4. The molecule has 1 aliphatic rings. The van der Waals surface area contributed by atoms with Crippen molar-refractivity contribution in [1.29, 1.82) is 5.26 Å². The minimum Gasteiger partial charge on any atom is -0.494 e. The summed E-state index contributed by atoms with van der Waals surface area (Å²) in [6.07, 6.45) is 2.16. The van der Waals surface area contributed by atoms with E-state index in [1.165, 1.54) is 0 Å². The highest BCUT2D eigenvalue weighted by Gasteiger charge is 2.22. The van der Waals surface area contributed by atoms with Gasteiger partial charge in [-0.1, -0.05) is 0 Å². The van der Waals surface area contributed by atoms with Crippen LogP contribution in [-0.2, 0) is 9.53 Å². The summed E-state index contributed by atoms with van der Waals surface area (Å²) in [4.78, 5) is 16.4.